The molecule has 1 nitrogen and oxygen atoms in total. The third-order valence-corrected chi connectivity index (χ3v) is 4.73. The summed E-state index contributed by atoms with van der Waals surface area (Å²) in [6, 6.07) is 4.96. The van der Waals surface area contributed by atoms with Gasteiger partial charge in [-0.25, -0.2) is 5.11 Å². The summed E-state index contributed by atoms with van der Waals surface area (Å²) in [5, 5.41) is 10.8. The number of benzene rings is 1. The lowest BCUT2D eigenvalue weighted by Crippen LogP contribution is -2.04. The number of rotatable bonds is 13. The third kappa shape index (κ3) is 7.52. The Labute approximate surface area is 144 Å². The van der Waals surface area contributed by atoms with E-state index >= 15 is 0 Å². The van der Waals surface area contributed by atoms with Crippen LogP contribution in [0.2, 0.25) is 0 Å². The maximum atomic E-state index is 10.8. The molecule has 1 aromatic carbocycles. The van der Waals surface area contributed by atoms with Crippen molar-refractivity contribution in [3.8, 4) is 0 Å². The van der Waals surface area contributed by atoms with Gasteiger partial charge in [-0.2, -0.15) is 0 Å². The van der Waals surface area contributed by atoms with Crippen LogP contribution in [0.5, 0.6) is 0 Å². The predicted molar refractivity (Wildman–Crippen MR) is 101 cm³/mol. The van der Waals surface area contributed by atoms with Crippen molar-refractivity contribution in [3.05, 3.63) is 34.4 Å². The standard InChI is InChI=1S/C22H37O/c1-4-7-12-19-17-20(13-8-5-2)22(15-10-11-16-23)21(18-19)14-9-6-3/h17-18H,4-16H2,1-3H3. The molecule has 0 aromatic heterocycles. The van der Waals surface area contributed by atoms with Crippen LogP contribution in [0.25, 0.3) is 0 Å². The Balaban J connectivity index is 3.05. The minimum Gasteiger partial charge on any atom is -0.237 e. The van der Waals surface area contributed by atoms with Crippen molar-refractivity contribution in [1.82, 2.24) is 0 Å². The first-order valence-corrected chi connectivity index (χ1v) is 9.98. The highest BCUT2D eigenvalue weighted by Gasteiger charge is 2.11. The summed E-state index contributed by atoms with van der Waals surface area (Å²) in [4.78, 5) is 0. The van der Waals surface area contributed by atoms with E-state index < -0.39 is 0 Å². The number of hydrogen-bond donors (Lipinski definition) is 0. The molecular formula is C22H37O. The average molecular weight is 318 g/mol. The molecule has 0 saturated heterocycles. The second-order valence-electron chi connectivity index (χ2n) is 6.86. The number of aryl methyl sites for hydroxylation is 3. The van der Waals surface area contributed by atoms with Crippen molar-refractivity contribution in [2.45, 2.75) is 97.8 Å². The lowest BCUT2D eigenvalue weighted by atomic mass is 9.88. The lowest BCUT2D eigenvalue weighted by molar-refractivity contribution is 0.187. The fourth-order valence-electron chi connectivity index (χ4n) is 3.30. The molecule has 0 fully saturated rings. The molecule has 0 heterocycles. The monoisotopic (exact) mass is 317 g/mol. The van der Waals surface area contributed by atoms with Crippen LogP contribution in [0.15, 0.2) is 12.1 Å². The highest BCUT2D eigenvalue weighted by atomic mass is 16.2. The van der Waals surface area contributed by atoms with Crippen LogP contribution >= 0.6 is 0 Å². The molecule has 0 bridgehead atoms. The van der Waals surface area contributed by atoms with Gasteiger partial charge >= 0.3 is 0 Å². The van der Waals surface area contributed by atoms with Gasteiger partial charge in [0, 0.05) is 0 Å². The SMILES string of the molecule is CCCCc1cc(CCCC)c(CCCC[O])c(CCCC)c1. The Kier molecular flexibility index (Phi) is 11.1. The van der Waals surface area contributed by atoms with Crippen LogP contribution in [0.4, 0.5) is 0 Å². The Morgan fingerprint density at radius 2 is 1.17 bits per heavy atom. The molecule has 1 heteroatoms. The van der Waals surface area contributed by atoms with E-state index in [2.05, 4.69) is 32.9 Å². The summed E-state index contributed by atoms with van der Waals surface area (Å²) in [5.74, 6) is 0. The van der Waals surface area contributed by atoms with Gasteiger partial charge in [0.25, 0.3) is 0 Å². The second-order valence-corrected chi connectivity index (χ2v) is 6.86. The highest BCUT2D eigenvalue weighted by molar-refractivity contribution is 5.40. The first-order valence-electron chi connectivity index (χ1n) is 9.98. The minimum atomic E-state index is 0.0726. The zero-order chi connectivity index (χ0) is 16.9. The molecule has 1 rings (SSSR count). The van der Waals surface area contributed by atoms with Crippen LogP contribution in [-0.2, 0) is 30.8 Å². The average Bonchev–Trinajstić information content (AvgIpc) is 2.57. The van der Waals surface area contributed by atoms with Crippen molar-refractivity contribution >= 4 is 0 Å². The molecule has 0 aliphatic rings. The van der Waals surface area contributed by atoms with E-state index in [0.29, 0.717) is 0 Å². The van der Waals surface area contributed by atoms with Gasteiger partial charge in [0.2, 0.25) is 0 Å². The molecule has 1 aromatic rings. The quantitative estimate of drug-likeness (QED) is 0.372. The third-order valence-electron chi connectivity index (χ3n) is 4.73. The minimum absolute atomic E-state index is 0.0726. The molecule has 0 unspecified atom stereocenters. The first kappa shape index (κ1) is 20.2. The van der Waals surface area contributed by atoms with Gasteiger partial charge in [0.1, 0.15) is 0 Å². The number of unbranched alkanes of at least 4 members (excludes halogenated alkanes) is 4. The van der Waals surface area contributed by atoms with Crippen molar-refractivity contribution in [1.29, 1.82) is 0 Å². The molecule has 131 valence electrons. The van der Waals surface area contributed by atoms with E-state index in [4.69, 9.17) is 0 Å². The molecular weight excluding hydrogens is 280 g/mol. The van der Waals surface area contributed by atoms with Crippen molar-refractivity contribution in [2.75, 3.05) is 6.61 Å². The van der Waals surface area contributed by atoms with E-state index in [0.717, 1.165) is 19.3 Å². The van der Waals surface area contributed by atoms with Crippen LogP contribution < -0.4 is 0 Å². The fraction of sp³-hybridized carbons (Fsp3) is 0.727. The van der Waals surface area contributed by atoms with Gasteiger partial charge in [-0.15, -0.1) is 0 Å². The lowest BCUT2D eigenvalue weighted by Gasteiger charge is -2.18. The van der Waals surface area contributed by atoms with Crippen LogP contribution in [0, 0.1) is 0 Å². The molecule has 1 radical (unpaired) electrons. The van der Waals surface area contributed by atoms with Crippen molar-refractivity contribution in [3.63, 3.8) is 0 Å². The molecule has 0 aliphatic heterocycles. The molecule has 0 aliphatic carbocycles. The molecule has 0 atom stereocenters. The van der Waals surface area contributed by atoms with Gasteiger partial charge in [-0.1, -0.05) is 52.2 Å². The predicted octanol–water partition coefficient (Wildman–Crippen LogP) is 6.47. The van der Waals surface area contributed by atoms with Crippen LogP contribution in [-0.4, -0.2) is 6.61 Å². The normalized spacial score (nSPS) is 11.1. The second kappa shape index (κ2) is 12.6. The Morgan fingerprint density at radius 3 is 1.65 bits per heavy atom. The largest absolute Gasteiger partial charge is 0.237 e. The van der Waals surface area contributed by atoms with E-state index in [1.165, 1.54) is 63.4 Å². The summed E-state index contributed by atoms with van der Waals surface area (Å²) in [7, 11) is 0. The molecule has 0 N–H and O–H groups in total. The Bertz CT molecular complexity index is 393. The zero-order valence-electron chi connectivity index (χ0n) is 15.8. The number of hydrogen-bond acceptors (Lipinski definition) is 0. The maximum Gasteiger partial charge on any atom is 0.0822 e. The van der Waals surface area contributed by atoms with Crippen LogP contribution in [0.1, 0.15) is 94.4 Å². The smallest absolute Gasteiger partial charge is 0.0822 e. The molecule has 0 saturated carbocycles. The van der Waals surface area contributed by atoms with Crippen molar-refractivity contribution < 1.29 is 5.11 Å². The topological polar surface area (TPSA) is 19.9 Å². The van der Waals surface area contributed by atoms with Crippen LogP contribution in [0.3, 0.4) is 0 Å². The van der Waals surface area contributed by atoms with Gasteiger partial charge < -0.3 is 0 Å². The Morgan fingerprint density at radius 1 is 0.652 bits per heavy atom. The maximum absolute atomic E-state index is 10.8. The first-order chi connectivity index (χ1) is 11.3. The zero-order valence-corrected chi connectivity index (χ0v) is 15.8. The van der Waals surface area contributed by atoms with Gasteiger partial charge in [-0.05, 0) is 80.0 Å². The van der Waals surface area contributed by atoms with E-state index in [-0.39, 0.29) is 6.61 Å². The van der Waals surface area contributed by atoms with Gasteiger partial charge in [-0.3, -0.25) is 0 Å². The molecule has 23 heavy (non-hydrogen) atoms. The summed E-state index contributed by atoms with van der Waals surface area (Å²) in [6.07, 6.45) is 14.2. The molecule has 0 amide bonds. The Hall–Kier alpha value is -0.820. The summed E-state index contributed by atoms with van der Waals surface area (Å²) in [6.45, 7) is 6.89. The summed E-state index contributed by atoms with van der Waals surface area (Å²) >= 11 is 0. The molecule has 0 spiro atoms. The summed E-state index contributed by atoms with van der Waals surface area (Å²) in [5.41, 5.74) is 6.28. The van der Waals surface area contributed by atoms with Gasteiger partial charge in [0.05, 0.1) is 6.61 Å². The van der Waals surface area contributed by atoms with E-state index in [1.807, 2.05) is 0 Å². The van der Waals surface area contributed by atoms with Crippen molar-refractivity contribution in [2.24, 2.45) is 0 Å². The van der Waals surface area contributed by atoms with E-state index in [9.17, 15) is 5.11 Å². The van der Waals surface area contributed by atoms with E-state index in [1.54, 1.807) is 16.7 Å². The highest BCUT2D eigenvalue weighted by Crippen LogP contribution is 2.25. The van der Waals surface area contributed by atoms with Gasteiger partial charge in [0.15, 0.2) is 0 Å². The summed E-state index contributed by atoms with van der Waals surface area (Å²) < 4.78 is 0. The fourth-order valence-corrected chi connectivity index (χ4v) is 3.30.